The standard InChI is InChI=1S/C91H128N22O23S/c1-9-11-21-68-84(129)102-60(34-48(3)4)81(126)107-66(79(124)98-42-75(96)119)46-137-47-76(120)99-63(35-50-25-27-53(114)28-26-50)87(132)108(6)49(5)78(123)105-65(40-74(95)118)90(135)112-33-17-24-69(112)85(130)104-62(39-73(94)117)83(128)101-59(29-30-72(93)116)89(134)113-44-54(115)38-71(113)86(131)103-61(36-51-41-97-57-20-15-13-18-55(51)57)82(127)100-58(31-32-92)80(125)106-64(88(133)110(8)70(22-12-10-2)91(136)109(68)7)37-52-43-111(45-77(121)122)67-23-16-14-19-56(52)67/h13-16,18-20,23,25-28,41,43,48-49,54,58-66,68-71,97,114-115H,9-12,17,21-22,24,29-40,42,44-47,92H2,1-8H3,(H2,93,116)(H2,94,117)(H2,95,118)(H2,96,119)(H,98,124)(H,99,120)(H,100,127)(H,101,128)(H,102,129)(H,103,131)(H,104,130)(H,105,123)(H,106,125)(H,107,126)(H,121,122)/t49-,54+,58-,59-,60-,61-,62-,63-,64-,65+,66-,68-,69-,70-,71-/m0/s1. The number of aliphatic hydroxyl groups is 1. The van der Waals surface area contributed by atoms with E-state index >= 15 is 33.6 Å². The fraction of sp³-hybridized carbons (Fsp3) is 0.538. The number of fused-ring (bicyclic) bond motifs is 4. The van der Waals surface area contributed by atoms with E-state index in [-0.39, 0.29) is 76.1 Å². The Morgan fingerprint density at radius 3 is 1.72 bits per heavy atom. The van der Waals surface area contributed by atoms with E-state index in [2.05, 4.69) is 58.2 Å². The van der Waals surface area contributed by atoms with Gasteiger partial charge in [0.25, 0.3) is 0 Å². The number of phenolic OH excluding ortho intramolecular Hbond substituents is 1. The Morgan fingerprint density at radius 2 is 1.08 bits per heavy atom. The van der Waals surface area contributed by atoms with Gasteiger partial charge in [-0.2, -0.15) is 0 Å². The maximum atomic E-state index is 16.0. The average Bonchev–Trinajstić information content (AvgIpc) is 1.72. The number of unbranched alkanes of at least 4 members (excludes halogenated alkanes) is 2. The van der Waals surface area contributed by atoms with Gasteiger partial charge in [0, 0.05) is 106 Å². The minimum Gasteiger partial charge on any atom is -0.508 e. The number of aromatic nitrogens is 2. The number of carbonyl (C=O) groups excluding carboxylic acids is 19. The molecule has 46 heteroatoms. The summed E-state index contributed by atoms with van der Waals surface area (Å²) in [4.78, 5) is 296. The van der Waals surface area contributed by atoms with Crippen molar-refractivity contribution in [2.75, 3.05) is 58.8 Å². The van der Waals surface area contributed by atoms with Crippen LogP contribution in [0.1, 0.15) is 148 Å². The first-order valence-electron chi connectivity index (χ1n) is 45.6. The van der Waals surface area contributed by atoms with Crippen molar-refractivity contribution in [3.8, 4) is 5.75 Å². The number of hydrogen-bond donors (Lipinski definition) is 19. The highest BCUT2D eigenvalue weighted by Gasteiger charge is 2.47. The lowest BCUT2D eigenvalue weighted by Crippen LogP contribution is -2.61. The Bertz CT molecular complexity index is 5240. The summed E-state index contributed by atoms with van der Waals surface area (Å²) in [5, 5.41) is 58.6. The van der Waals surface area contributed by atoms with Crippen LogP contribution in [-0.4, -0.2) is 317 Å². The highest BCUT2D eigenvalue weighted by molar-refractivity contribution is 8.00. The summed E-state index contributed by atoms with van der Waals surface area (Å²) in [5.74, 6) is -22.2. The lowest BCUT2D eigenvalue weighted by atomic mass is 9.99. The number of thioether (sulfide) groups is 1. The average molecular weight is 1930 g/mol. The molecule has 746 valence electrons. The van der Waals surface area contributed by atoms with Crippen molar-refractivity contribution in [3.63, 3.8) is 0 Å². The monoisotopic (exact) mass is 1930 g/mol. The zero-order valence-electron chi connectivity index (χ0n) is 78.0. The quantitative estimate of drug-likeness (QED) is 0.0226. The third-order valence-electron chi connectivity index (χ3n) is 24.2. The van der Waals surface area contributed by atoms with Crippen molar-refractivity contribution in [3.05, 3.63) is 102 Å². The molecule has 8 rings (SSSR count). The number of nitrogens with zero attached hydrogens (tertiary/aromatic N) is 6. The van der Waals surface area contributed by atoms with Crippen LogP contribution in [0.3, 0.4) is 0 Å². The number of carboxylic acid groups (broad SMARTS) is 1. The Hall–Kier alpha value is -13.8. The fourth-order valence-electron chi connectivity index (χ4n) is 16.8. The van der Waals surface area contributed by atoms with Gasteiger partial charge in [0.15, 0.2) is 0 Å². The molecular weight excluding hydrogens is 1800 g/mol. The minimum atomic E-state index is -1.99. The maximum Gasteiger partial charge on any atom is 0.323 e. The molecular formula is C91H128N22O23S. The topological polar surface area (TPSA) is 689 Å². The van der Waals surface area contributed by atoms with Gasteiger partial charge in [-0.15, -0.1) is 11.8 Å². The number of likely N-dealkylation sites (N-methyl/N-ethyl adjacent to an activating group) is 3. The Kier molecular flexibility index (Phi) is 40.6. The van der Waals surface area contributed by atoms with Crippen molar-refractivity contribution < 1.29 is 111 Å². The number of H-pyrrole nitrogens is 1. The number of aromatic amines is 1. The van der Waals surface area contributed by atoms with Crippen LogP contribution in [0.2, 0.25) is 0 Å². The second-order valence-corrected chi connectivity index (χ2v) is 36.1. The molecule has 15 atom stereocenters. The van der Waals surface area contributed by atoms with Crippen molar-refractivity contribution in [1.82, 2.24) is 87.2 Å². The predicted molar refractivity (Wildman–Crippen MR) is 498 cm³/mol. The number of rotatable bonds is 28. The van der Waals surface area contributed by atoms with Crippen LogP contribution < -0.4 is 81.8 Å². The number of aromatic hydroxyl groups is 1. The number of aliphatic hydroxyl groups excluding tert-OH is 1. The number of para-hydroxylation sites is 2. The van der Waals surface area contributed by atoms with Crippen LogP contribution >= 0.6 is 11.8 Å². The van der Waals surface area contributed by atoms with Crippen LogP contribution in [0.4, 0.5) is 0 Å². The summed E-state index contributed by atoms with van der Waals surface area (Å²) in [7, 11) is 3.83. The molecule has 0 unspecified atom stereocenters. The summed E-state index contributed by atoms with van der Waals surface area (Å²) < 4.78 is 1.42. The number of aliphatic carboxylic acids is 1. The highest BCUT2D eigenvalue weighted by Crippen LogP contribution is 2.29. The van der Waals surface area contributed by atoms with E-state index in [9.17, 15) is 77.6 Å². The Balaban J connectivity index is 1.22. The summed E-state index contributed by atoms with van der Waals surface area (Å²) in [6, 6.07) is -4.08. The van der Waals surface area contributed by atoms with E-state index < -0.39 is 279 Å². The third kappa shape index (κ3) is 30.6. The Morgan fingerprint density at radius 1 is 0.533 bits per heavy atom. The molecule has 0 radical (unpaired) electrons. The van der Waals surface area contributed by atoms with Crippen LogP contribution in [0.15, 0.2) is 85.2 Å². The van der Waals surface area contributed by atoms with Gasteiger partial charge in [-0.3, -0.25) is 95.9 Å². The lowest BCUT2D eigenvalue weighted by molar-refractivity contribution is -0.149. The highest BCUT2D eigenvalue weighted by atomic mass is 32.2. The molecule has 2 aromatic heterocycles. The fourth-order valence-corrected chi connectivity index (χ4v) is 17.7. The molecule has 5 heterocycles. The van der Waals surface area contributed by atoms with Gasteiger partial charge in [-0.25, -0.2) is 0 Å². The molecule has 19 amide bonds. The number of nitrogens with one attached hydrogen (secondary N) is 11. The first-order chi connectivity index (χ1) is 64.9. The van der Waals surface area contributed by atoms with Gasteiger partial charge in [0.2, 0.25) is 112 Å². The summed E-state index contributed by atoms with van der Waals surface area (Å²) >= 11 is 0.761. The van der Waals surface area contributed by atoms with E-state index in [1.54, 1.807) is 68.6 Å². The van der Waals surface area contributed by atoms with Gasteiger partial charge in [-0.1, -0.05) is 102 Å². The van der Waals surface area contributed by atoms with E-state index in [1.807, 2.05) is 13.8 Å². The number of carbonyl (C=O) groups is 20. The van der Waals surface area contributed by atoms with Crippen LogP contribution in [0.25, 0.3) is 21.8 Å². The maximum absolute atomic E-state index is 16.0. The third-order valence-corrected chi connectivity index (χ3v) is 25.3. The number of benzene rings is 3. The lowest BCUT2D eigenvalue weighted by Gasteiger charge is -2.36. The first-order valence-corrected chi connectivity index (χ1v) is 46.7. The summed E-state index contributed by atoms with van der Waals surface area (Å²) in [5.41, 5.74) is 30.7. The number of amides is 19. The second-order valence-electron chi connectivity index (χ2n) is 35.1. The largest absolute Gasteiger partial charge is 0.508 e. The predicted octanol–water partition coefficient (Wildman–Crippen LogP) is -4.10. The normalized spacial score (nSPS) is 24.5. The smallest absolute Gasteiger partial charge is 0.323 e. The van der Waals surface area contributed by atoms with Crippen molar-refractivity contribution in [2.24, 2.45) is 34.6 Å². The van der Waals surface area contributed by atoms with Crippen molar-refractivity contribution >= 4 is 152 Å². The molecule has 5 aromatic rings. The minimum absolute atomic E-state index is 0.0183. The molecule has 3 aliphatic rings. The molecule has 45 nitrogen and oxygen atoms in total. The van der Waals surface area contributed by atoms with Gasteiger partial charge in [-0.05, 0) is 105 Å². The van der Waals surface area contributed by atoms with Crippen LogP contribution in [-0.2, 0) is 122 Å². The van der Waals surface area contributed by atoms with Crippen molar-refractivity contribution in [2.45, 2.75) is 247 Å². The zero-order chi connectivity index (χ0) is 101. The van der Waals surface area contributed by atoms with E-state index in [1.165, 1.54) is 63.1 Å². The first kappa shape index (κ1) is 109. The van der Waals surface area contributed by atoms with Crippen LogP contribution in [0.5, 0.6) is 5.75 Å². The molecule has 3 aliphatic heterocycles. The van der Waals surface area contributed by atoms with Gasteiger partial charge >= 0.3 is 5.97 Å². The van der Waals surface area contributed by atoms with Crippen molar-refractivity contribution in [1.29, 1.82) is 0 Å². The molecule has 0 saturated carbocycles. The molecule has 0 spiro atoms. The zero-order valence-corrected chi connectivity index (χ0v) is 78.8. The molecule has 3 saturated heterocycles. The van der Waals surface area contributed by atoms with Gasteiger partial charge in [0.05, 0.1) is 31.2 Å². The van der Waals surface area contributed by atoms with Crippen LogP contribution in [0, 0.1) is 5.92 Å². The molecule has 3 aromatic carbocycles. The van der Waals surface area contributed by atoms with E-state index in [0.29, 0.717) is 64.2 Å². The molecule has 137 heavy (non-hydrogen) atoms. The molecule has 24 N–H and O–H groups in total. The summed E-state index contributed by atoms with van der Waals surface area (Å²) in [6.45, 7) is 5.92. The SMILES string of the molecule is CCCC[C@H]1C(=O)N(C)[C@@H](CCCC)C(=O)N[C@@H](CC(C)C)C(=O)N[C@H](C(=O)NCC(N)=O)CSCC(=O)N[C@@H](Cc2ccc(O)cc2)C(=O)N(C)[C@@H](C)C(=O)N[C@H](CC(N)=O)C(=O)N2CCC[C@H]2C(=O)N[C@@H](CC(N)=O)C(=O)N[C@@H](CCC(N)=O)C(=O)N2C[C@H](O)C[C@H]2C(=O)N[C@@H](Cc2c[nH]c3ccccc23)C(=O)N[C@@H](CCN)C(=O)N[C@@H](Cc2cn(CC(=O)O)c3ccccc23)C(=O)N1C. The number of primary amides is 4. The van der Waals surface area contributed by atoms with E-state index in [4.69, 9.17) is 28.7 Å². The second kappa shape index (κ2) is 51.2. The number of hydrogen-bond acceptors (Lipinski definition) is 24. The number of nitrogens with two attached hydrogens (primary N) is 5. The van der Waals surface area contributed by atoms with Gasteiger partial charge in [0.1, 0.15) is 96.9 Å². The number of phenols is 1. The van der Waals surface area contributed by atoms with Gasteiger partial charge < -0.3 is 131 Å². The Labute approximate surface area is 794 Å². The molecule has 3 fully saturated rings. The molecule has 0 aliphatic carbocycles. The molecule has 0 bridgehead atoms. The number of carboxylic acids is 1. The summed E-state index contributed by atoms with van der Waals surface area (Å²) in [6.07, 6.45) is -2.19. The van der Waals surface area contributed by atoms with E-state index in [0.717, 1.165) is 36.3 Å².